The molecule has 4 rings (SSSR count). The largest absolute Gasteiger partial charge is 0.411 e. The predicted molar refractivity (Wildman–Crippen MR) is 168 cm³/mol. The molecule has 1 aromatic carbocycles. The summed E-state index contributed by atoms with van der Waals surface area (Å²) in [4.78, 5) is 36.2. The highest BCUT2D eigenvalue weighted by atomic mass is 79.9. The summed E-state index contributed by atoms with van der Waals surface area (Å²) in [6, 6.07) is 13.7. The minimum absolute atomic E-state index is 0.0963. The van der Waals surface area contributed by atoms with Gasteiger partial charge in [0.05, 0.1) is 33.7 Å². The number of carbonyl (C=O) groups is 2. The second kappa shape index (κ2) is 9.94. The van der Waals surface area contributed by atoms with Gasteiger partial charge >= 0.3 is 0 Å². The number of rotatable bonds is 6. The topological polar surface area (TPSA) is 75.3 Å². The number of imide groups is 1. The normalized spacial score (nSPS) is 15.7. The van der Waals surface area contributed by atoms with Crippen molar-refractivity contribution in [2.75, 3.05) is 0 Å². The number of aromatic nitrogens is 2. The molecular formula is C30H40BrN3O3Si2. The van der Waals surface area contributed by atoms with E-state index < -0.39 is 16.6 Å². The third kappa shape index (κ3) is 5.14. The van der Waals surface area contributed by atoms with Crippen LogP contribution in [0.2, 0.25) is 36.3 Å². The van der Waals surface area contributed by atoms with Gasteiger partial charge < -0.3 is 14.0 Å². The Balaban J connectivity index is 1.83. The van der Waals surface area contributed by atoms with Gasteiger partial charge in [0.25, 0.3) is 11.8 Å². The lowest BCUT2D eigenvalue weighted by molar-refractivity contribution is -0.131. The summed E-state index contributed by atoms with van der Waals surface area (Å²) < 4.78 is 8.28. The van der Waals surface area contributed by atoms with E-state index in [1.165, 1.54) is 4.57 Å². The van der Waals surface area contributed by atoms with E-state index in [1.807, 2.05) is 42.5 Å². The summed E-state index contributed by atoms with van der Waals surface area (Å²) in [5.41, 5.74) is 4.22. The van der Waals surface area contributed by atoms with Crippen LogP contribution in [0.1, 0.15) is 52.8 Å². The number of hydrogen-bond acceptors (Lipinski definition) is 4. The third-order valence-electron chi connectivity index (χ3n) is 8.83. The fourth-order valence-electron chi connectivity index (χ4n) is 4.33. The molecular weight excluding hydrogens is 586 g/mol. The molecule has 0 atom stereocenters. The number of pyridine rings is 1. The zero-order valence-electron chi connectivity index (χ0n) is 24.7. The Labute approximate surface area is 242 Å². The molecule has 0 bridgehead atoms. The van der Waals surface area contributed by atoms with E-state index in [1.54, 1.807) is 0 Å². The number of carbonyl (C=O) groups excluding carboxylic acids is 2. The summed E-state index contributed by atoms with van der Waals surface area (Å²) in [6.07, 6.45) is 0. The monoisotopic (exact) mass is 625 g/mol. The highest BCUT2D eigenvalue weighted by molar-refractivity contribution is 9.12. The van der Waals surface area contributed by atoms with E-state index in [2.05, 4.69) is 88.6 Å². The number of para-hydroxylation sites is 1. The first-order chi connectivity index (χ1) is 17.9. The Morgan fingerprint density at radius 2 is 1.54 bits per heavy atom. The zero-order chi connectivity index (χ0) is 29.1. The molecule has 1 N–H and O–H groups in total. The highest BCUT2D eigenvalue weighted by Gasteiger charge is 2.52. The molecule has 0 fully saturated rings. The quantitative estimate of drug-likeness (QED) is 0.221. The van der Waals surface area contributed by atoms with Crippen molar-refractivity contribution < 1.29 is 14.0 Å². The summed E-state index contributed by atoms with van der Waals surface area (Å²) >= 11 is 3.54. The second-order valence-electron chi connectivity index (χ2n) is 13.4. The second-order valence-corrected chi connectivity index (χ2v) is 24.1. The number of fused-ring (bicyclic) bond motifs is 1. The lowest BCUT2D eigenvalue weighted by atomic mass is 10.0. The number of H-pyrrole nitrogens is 1. The molecule has 1 aliphatic heterocycles. The Kier molecular flexibility index (Phi) is 7.55. The number of nitrogens with zero attached hydrogens (tertiary/aromatic N) is 2. The van der Waals surface area contributed by atoms with Crippen molar-refractivity contribution in [1.82, 2.24) is 14.5 Å². The van der Waals surface area contributed by atoms with Gasteiger partial charge in [-0.1, -0.05) is 78.9 Å². The van der Waals surface area contributed by atoms with Gasteiger partial charge in [0.2, 0.25) is 0 Å². The van der Waals surface area contributed by atoms with E-state index >= 15 is 0 Å². The van der Waals surface area contributed by atoms with Crippen molar-refractivity contribution >= 4 is 60.8 Å². The van der Waals surface area contributed by atoms with Crippen LogP contribution in [-0.4, -0.2) is 42.9 Å². The Bertz CT molecular complexity index is 1490. The van der Waals surface area contributed by atoms with Crippen LogP contribution in [0.3, 0.4) is 0 Å². The van der Waals surface area contributed by atoms with E-state index in [0.29, 0.717) is 27.9 Å². The molecule has 0 aliphatic carbocycles. The van der Waals surface area contributed by atoms with Gasteiger partial charge in [-0.15, -0.1) is 0 Å². The molecule has 0 unspecified atom stereocenters. The van der Waals surface area contributed by atoms with Gasteiger partial charge in [0.15, 0.2) is 16.6 Å². The van der Waals surface area contributed by atoms with Crippen molar-refractivity contribution in [3.8, 4) is 11.4 Å². The molecule has 0 saturated heterocycles. The van der Waals surface area contributed by atoms with Gasteiger partial charge in [0.1, 0.15) is 0 Å². The van der Waals surface area contributed by atoms with E-state index in [4.69, 9.17) is 9.41 Å². The van der Waals surface area contributed by atoms with Crippen LogP contribution >= 0.6 is 15.9 Å². The summed E-state index contributed by atoms with van der Waals surface area (Å²) in [6.45, 7) is 22.0. The lowest BCUT2D eigenvalue weighted by Crippen LogP contribution is -2.57. The molecule has 2 amide bonds. The van der Waals surface area contributed by atoms with Crippen molar-refractivity contribution in [2.24, 2.45) is 0 Å². The molecule has 208 valence electrons. The summed E-state index contributed by atoms with van der Waals surface area (Å²) in [5.74, 6) is -0.510. The molecule has 6 nitrogen and oxygen atoms in total. The van der Waals surface area contributed by atoms with Crippen LogP contribution in [0.5, 0.6) is 0 Å². The molecule has 9 heteroatoms. The van der Waals surface area contributed by atoms with Crippen molar-refractivity contribution in [3.05, 3.63) is 58.2 Å². The average molecular weight is 627 g/mol. The SMILES string of the molecule is CC(C)(C)[Si](C)(C)OCc1cccc(-c2[nH]c3ccccc3c2C2=C(Br)C(=O)N([Si](C)(C)C(C)(C)C)C2=O)n1. The zero-order valence-corrected chi connectivity index (χ0v) is 28.3. The number of hydrogen-bond donors (Lipinski definition) is 1. The van der Waals surface area contributed by atoms with Crippen molar-refractivity contribution in [2.45, 2.75) is 84.4 Å². The average Bonchev–Trinajstić information content (AvgIpc) is 3.31. The first-order valence-electron chi connectivity index (χ1n) is 13.4. The smallest absolute Gasteiger partial charge is 0.260 e. The summed E-state index contributed by atoms with van der Waals surface area (Å²) in [7, 11) is -4.44. The van der Waals surface area contributed by atoms with Gasteiger partial charge in [-0.25, -0.2) is 4.98 Å². The molecule has 3 aromatic rings. The fraction of sp³-hybridized carbons (Fsp3) is 0.433. The van der Waals surface area contributed by atoms with Crippen LogP contribution in [0.25, 0.3) is 27.9 Å². The van der Waals surface area contributed by atoms with Gasteiger partial charge in [-0.05, 0) is 57.3 Å². The molecule has 3 heterocycles. The molecule has 2 aromatic heterocycles. The maximum atomic E-state index is 14.1. The lowest BCUT2D eigenvalue weighted by Gasteiger charge is -2.42. The van der Waals surface area contributed by atoms with E-state index in [9.17, 15) is 9.59 Å². The number of benzene rings is 1. The Hall–Kier alpha value is -2.34. The van der Waals surface area contributed by atoms with Crippen LogP contribution in [0, 0.1) is 0 Å². The van der Waals surface area contributed by atoms with Crippen LogP contribution in [0.4, 0.5) is 0 Å². The van der Waals surface area contributed by atoms with Crippen molar-refractivity contribution in [1.29, 1.82) is 0 Å². The molecule has 1 aliphatic rings. The predicted octanol–water partition coefficient (Wildman–Crippen LogP) is 8.23. The third-order valence-corrected chi connectivity index (χ3v) is 19.2. The van der Waals surface area contributed by atoms with Crippen molar-refractivity contribution in [3.63, 3.8) is 0 Å². The number of halogens is 1. The van der Waals surface area contributed by atoms with Gasteiger partial charge in [-0.3, -0.25) is 9.59 Å². The van der Waals surface area contributed by atoms with Crippen LogP contribution in [-0.2, 0) is 20.6 Å². The maximum absolute atomic E-state index is 14.1. The minimum atomic E-state index is -2.49. The van der Waals surface area contributed by atoms with Gasteiger partial charge in [-0.2, -0.15) is 0 Å². The summed E-state index contributed by atoms with van der Waals surface area (Å²) in [5, 5.41) is 0.783. The first-order valence-corrected chi connectivity index (χ1v) is 20.0. The fourth-order valence-corrected chi connectivity index (χ4v) is 7.89. The van der Waals surface area contributed by atoms with Crippen LogP contribution in [0.15, 0.2) is 46.9 Å². The minimum Gasteiger partial charge on any atom is -0.411 e. The maximum Gasteiger partial charge on any atom is 0.260 e. The first kappa shape index (κ1) is 29.6. The van der Waals surface area contributed by atoms with Gasteiger partial charge in [0, 0.05) is 16.5 Å². The Morgan fingerprint density at radius 3 is 2.15 bits per heavy atom. The highest BCUT2D eigenvalue weighted by Crippen LogP contribution is 2.47. The molecule has 0 spiro atoms. The Morgan fingerprint density at radius 1 is 0.897 bits per heavy atom. The molecule has 0 saturated carbocycles. The molecule has 0 radical (unpaired) electrons. The number of aromatic amines is 1. The number of amides is 2. The van der Waals surface area contributed by atoms with E-state index in [0.717, 1.165) is 22.3 Å². The van der Waals surface area contributed by atoms with E-state index in [-0.39, 0.29) is 21.9 Å². The standard InChI is InChI=1S/C30H40BrN3O3Si2/c1-29(2,3)38(7,8)34-27(35)24(25(31)28(34)36)23-20-15-11-12-16-21(20)33-26(23)22-17-13-14-19(32-22)18-37-39(9,10)30(4,5)6/h11-17,33H,18H2,1-10H3. The number of nitrogens with one attached hydrogen (secondary N) is 1. The molecule has 39 heavy (non-hydrogen) atoms. The van der Waals surface area contributed by atoms with Crippen LogP contribution < -0.4 is 0 Å².